The van der Waals surface area contributed by atoms with Crippen LogP contribution in [-0.2, 0) is 21.2 Å². The molecule has 1 fully saturated rings. The predicted octanol–water partition coefficient (Wildman–Crippen LogP) is -0.338. The molecule has 6 nitrogen and oxygen atoms in total. The molecular weight excluding hydrogens is 290 g/mol. The quantitative estimate of drug-likeness (QED) is 0.779. The number of hydrogen-bond acceptors (Lipinski definition) is 4. The van der Waals surface area contributed by atoms with E-state index in [1.54, 1.807) is 0 Å². The Bertz CT molecular complexity index is 566. The minimum Gasteiger partial charge on any atom is -0.369 e. The summed E-state index contributed by atoms with van der Waals surface area (Å²) in [4.78, 5) is 12.7. The molecule has 0 spiro atoms. The van der Waals surface area contributed by atoms with Gasteiger partial charge in [-0.2, -0.15) is 4.31 Å². The maximum absolute atomic E-state index is 12.3. The van der Waals surface area contributed by atoms with Crippen LogP contribution in [0.25, 0.3) is 0 Å². The number of aryl methyl sites for hydroxylation is 1. The topological polar surface area (TPSA) is 83.7 Å². The van der Waals surface area contributed by atoms with Crippen molar-refractivity contribution in [3.8, 4) is 0 Å². The van der Waals surface area contributed by atoms with E-state index in [0.717, 1.165) is 5.56 Å². The molecule has 1 aromatic carbocycles. The van der Waals surface area contributed by atoms with Gasteiger partial charge in [-0.05, 0) is 12.0 Å². The van der Waals surface area contributed by atoms with Crippen molar-refractivity contribution in [1.82, 2.24) is 9.21 Å². The van der Waals surface area contributed by atoms with Crippen LogP contribution in [0.4, 0.5) is 0 Å². The second kappa shape index (κ2) is 7.02. The van der Waals surface area contributed by atoms with Gasteiger partial charge in [-0.15, -0.1) is 0 Å². The molecule has 0 aromatic heterocycles. The number of nitrogens with zero attached hydrogens (tertiary/aromatic N) is 2. The SMILES string of the molecule is NC(=O)CN1CCN(S(=O)(=O)CCc2ccccc2)CC1. The lowest BCUT2D eigenvalue weighted by molar-refractivity contribution is -0.119. The van der Waals surface area contributed by atoms with Crippen LogP contribution in [0, 0.1) is 0 Å². The number of carbonyl (C=O) groups excluding carboxylic acids is 1. The number of sulfonamides is 1. The van der Waals surface area contributed by atoms with Gasteiger partial charge in [0.25, 0.3) is 0 Å². The van der Waals surface area contributed by atoms with E-state index in [0.29, 0.717) is 32.6 Å². The summed E-state index contributed by atoms with van der Waals surface area (Å²) < 4.78 is 26.1. The fourth-order valence-electron chi connectivity index (χ4n) is 2.41. The lowest BCUT2D eigenvalue weighted by atomic mass is 10.2. The number of benzene rings is 1. The first-order valence-corrected chi connectivity index (χ1v) is 8.61. The molecule has 1 heterocycles. The molecule has 2 N–H and O–H groups in total. The maximum atomic E-state index is 12.3. The van der Waals surface area contributed by atoms with E-state index in [9.17, 15) is 13.2 Å². The Morgan fingerprint density at radius 1 is 1.10 bits per heavy atom. The van der Waals surface area contributed by atoms with Crippen molar-refractivity contribution in [1.29, 1.82) is 0 Å². The van der Waals surface area contributed by atoms with Crippen LogP contribution in [0.1, 0.15) is 5.56 Å². The van der Waals surface area contributed by atoms with Gasteiger partial charge < -0.3 is 5.73 Å². The molecule has 21 heavy (non-hydrogen) atoms. The summed E-state index contributed by atoms with van der Waals surface area (Å²) in [6.45, 7) is 2.13. The van der Waals surface area contributed by atoms with Gasteiger partial charge in [0.15, 0.2) is 0 Å². The van der Waals surface area contributed by atoms with Crippen molar-refractivity contribution in [3.05, 3.63) is 35.9 Å². The van der Waals surface area contributed by atoms with Gasteiger partial charge in [0.05, 0.1) is 12.3 Å². The molecule has 7 heteroatoms. The third-order valence-corrected chi connectivity index (χ3v) is 5.47. The summed E-state index contributed by atoms with van der Waals surface area (Å²) in [6, 6.07) is 9.59. The molecule has 116 valence electrons. The fourth-order valence-corrected chi connectivity index (χ4v) is 3.88. The van der Waals surface area contributed by atoms with E-state index < -0.39 is 10.0 Å². The largest absolute Gasteiger partial charge is 0.369 e. The summed E-state index contributed by atoms with van der Waals surface area (Å²) in [5.74, 6) is -0.261. The van der Waals surface area contributed by atoms with Crippen molar-refractivity contribution in [2.45, 2.75) is 6.42 Å². The Kier molecular flexibility index (Phi) is 5.33. The third-order valence-electron chi connectivity index (χ3n) is 3.60. The van der Waals surface area contributed by atoms with Gasteiger partial charge >= 0.3 is 0 Å². The van der Waals surface area contributed by atoms with Crippen LogP contribution in [0.2, 0.25) is 0 Å². The van der Waals surface area contributed by atoms with Gasteiger partial charge in [-0.1, -0.05) is 30.3 Å². The van der Waals surface area contributed by atoms with Gasteiger partial charge in [0.1, 0.15) is 0 Å². The number of primary amides is 1. The molecule has 2 rings (SSSR count). The highest BCUT2D eigenvalue weighted by Gasteiger charge is 2.26. The molecule has 0 aliphatic carbocycles. The maximum Gasteiger partial charge on any atom is 0.231 e. The predicted molar refractivity (Wildman–Crippen MR) is 81.1 cm³/mol. The molecule has 0 atom stereocenters. The van der Waals surface area contributed by atoms with E-state index in [2.05, 4.69) is 0 Å². The minimum atomic E-state index is -3.24. The minimum absolute atomic E-state index is 0.118. The zero-order chi connectivity index (χ0) is 15.3. The van der Waals surface area contributed by atoms with Gasteiger partial charge in [-0.25, -0.2) is 8.42 Å². The molecular formula is C14H21N3O3S. The smallest absolute Gasteiger partial charge is 0.231 e. The highest BCUT2D eigenvalue weighted by atomic mass is 32.2. The Labute approximate surface area is 125 Å². The molecule has 1 amide bonds. The first-order chi connectivity index (χ1) is 9.97. The first kappa shape index (κ1) is 15.9. The summed E-state index contributed by atoms with van der Waals surface area (Å²) in [6.07, 6.45) is 0.519. The van der Waals surface area contributed by atoms with E-state index in [-0.39, 0.29) is 18.2 Å². The number of hydrogen-bond donors (Lipinski definition) is 1. The number of nitrogens with two attached hydrogens (primary N) is 1. The number of carbonyl (C=O) groups is 1. The van der Waals surface area contributed by atoms with Crippen LogP contribution in [0.15, 0.2) is 30.3 Å². The second-order valence-corrected chi connectivity index (χ2v) is 7.28. The second-order valence-electron chi connectivity index (χ2n) is 5.19. The highest BCUT2D eigenvalue weighted by molar-refractivity contribution is 7.89. The average molecular weight is 311 g/mol. The zero-order valence-electron chi connectivity index (χ0n) is 11.9. The monoisotopic (exact) mass is 311 g/mol. The molecule has 0 radical (unpaired) electrons. The summed E-state index contributed by atoms with van der Waals surface area (Å²) in [5, 5.41) is 0. The first-order valence-electron chi connectivity index (χ1n) is 7.00. The summed E-state index contributed by atoms with van der Waals surface area (Å²) in [5.41, 5.74) is 6.17. The molecule has 1 aliphatic heterocycles. The van der Waals surface area contributed by atoms with Gasteiger partial charge in [0, 0.05) is 26.2 Å². The van der Waals surface area contributed by atoms with Crippen LogP contribution >= 0.6 is 0 Å². The number of amides is 1. The summed E-state index contributed by atoms with van der Waals surface area (Å²) >= 11 is 0. The Morgan fingerprint density at radius 3 is 2.29 bits per heavy atom. The van der Waals surface area contributed by atoms with Crippen molar-refractivity contribution in [3.63, 3.8) is 0 Å². The van der Waals surface area contributed by atoms with E-state index in [4.69, 9.17) is 5.73 Å². The third kappa shape index (κ3) is 4.80. The standard InChI is InChI=1S/C14H21N3O3S/c15-14(18)12-16-7-9-17(10-8-16)21(19,20)11-6-13-4-2-1-3-5-13/h1-5H,6-12H2,(H2,15,18). The van der Waals surface area contributed by atoms with E-state index in [1.165, 1.54) is 4.31 Å². The van der Waals surface area contributed by atoms with Crippen LogP contribution in [0.5, 0.6) is 0 Å². The van der Waals surface area contributed by atoms with Crippen LogP contribution in [-0.4, -0.2) is 62.0 Å². The van der Waals surface area contributed by atoms with Crippen LogP contribution < -0.4 is 5.73 Å². The Morgan fingerprint density at radius 2 is 1.71 bits per heavy atom. The normalized spacial score (nSPS) is 17.7. The van der Waals surface area contributed by atoms with E-state index in [1.807, 2.05) is 35.2 Å². The Hall–Kier alpha value is -1.44. The van der Waals surface area contributed by atoms with E-state index >= 15 is 0 Å². The van der Waals surface area contributed by atoms with Gasteiger partial charge in [0.2, 0.25) is 15.9 Å². The molecule has 0 unspecified atom stereocenters. The van der Waals surface area contributed by atoms with Crippen LogP contribution in [0.3, 0.4) is 0 Å². The number of piperazine rings is 1. The molecule has 1 aliphatic rings. The lowest BCUT2D eigenvalue weighted by Gasteiger charge is -2.33. The van der Waals surface area contributed by atoms with Crippen molar-refractivity contribution in [2.24, 2.45) is 5.73 Å². The molecule has 1 saturated heterocycles. The van der Waals surface area contributed by atoms with Crippen molar-refractivity contribution < 1.29 is 13.2 Å². The van der Waals surface area contributed by atoms with Crippen molar-refractivity contribution >= 4 is 15.9 Å². The molecule has 0 saturated carbocycles. The van der Waals surface area contributed by atoms with Gasteiger partial charge in [-0.3, -0.25) is 9.69 Å². The average Bonchev–Trinajstić information content (AvgIpc) is 2.46. The fraction of sp³-hybridized carbons (Fsp3) is 0.500. The zero-order valence-corrected chi connectivity index (χ0v) is 12.8. The summed E-state index contributed by atoms with van der Waals surface area (Å²) in [7, 11) is -3.24. The molecule has 0 bridgehead atoms. The Balaban J connectivity index is 1.85. The van der Waals surface area contributed by atoms with Crippen molar-refractivity contribution in [2.75, 3.05) is 38.5 Å². The lowest BCUT2D eigenvalue weighted by Crippen LogP contribution is -2.51. The highest BCUT2D eigenvalue weighted by Crippen LogP contribution is 2.10. The molecule has 1 aromatic rings. The number of rotatable bonds is 6.